The fraction of sp³-hybridized carbons (Fsp3) is 0.0333. The minimum atomic E-state index is -0.505. The highest BCUT2D eigenvalue weighted by molar-refractivity contribution is 7.80. The highest BCUT2D eigenvalue weighted by atomic mass is 32.1. The number of ether oxygens (including phenoxy) is 1. The van der Waals surface area contributed by atoms with Crippen LogP contribution in [0.25, 0.3) is 17.2 Å². The minimum Gasteiger partial charge on any atom is -0.457 e. The van der Waals surface area contributed by atoms with E-state index in [0.717, 1.165) is 12.0 Å². The molecule has 1 fully saturated rings. The molecule has 1 heterocycles. The maximum atomic E-state index is 13.4. The molecule has 1 N–H and O–H groups in total. The van der Waals surface area contributed by atoms with Gasteiger partial charge < -0.3 is 4.74 Å². The van der Waals surface area contributed by atoms with Gasteiger partial charge in [0.25, 0.3) is 11.8 Å². The lowest BCUT2D eigenvalue weighted by molar-refractivity contribution is -0.122. The summed E-state index contributed by atoms with van der Waals surface area (Å²) >= 11 is 5.34. The smallest absolute Gasteiger partial charge is 0.270 e. The highest BCUT2D eigenvalue weighted by Gasteiger charge is 2.34. The van der Waals surface area contributed by atoms with Crippen LogP contribution in [0.5, 0.6) is 11.5 Å². The Morgan fingerprint density at radius 1 is 0.778 bits per heavy atom. The van der Waals surface area contributed by atoms with Crippen molar-refractivity contribution in [3.63, 3.8) is 0 Å². The van der Waals surface area contributed by atoms with Crippen LogP contribution in [0.15, 0.2) is 103 Å². The number of amides is 2. The van der Waals surface area contributed by atoms with E-state index in [9.17, 15) is 9.59 Å². The van der Waals surface area contributed by atoms with Crippen LogP contribution >= 0.6 is 12.2 Å². The summed E-state index contributed by atoms with van der Waals surface area (Å²) in [6.45, 7) is 0. The Kier molecular flexibility index (Phi) is 5.43. The summed E-state index contributed by atoms with van der Waals surface area (Å²) in [4.78, 5) is 27.5. The number of hydrogen-bond donors (Lipinski definition) is 1. The first kappa shape index (κ1) is 21.9. The number of carbonyl (C=O) groups excluding carboxylic acids is 2. The Balaban J connectivity index is 1.27. The lowest BCUT2D eigenvalue weighted by atomic mass is 10.0. The number of thiocarbonyl (C=S) groups is 1. The van der Waals surface area contributed by atoms with Gasteiger partial charge in [-0.1, -0.05) is 60.7 Å². The number of para-hydroxylation sites is 1. The number of anilines is 1. The van der Waals surface area contributed by atoms with E-state index in [1.807, 2.05) is 60.7 Å². The standard InChI is InChI=1S/C30H20N2O3S/c33-28-27(17-19-10-15-26-21(16-19)18-20-6-4-5-9-25(20)26)29(34)32(30(36)31-28)22-11-13-24(14-12-22)35-23-7-2-1-3-8-23/h1-17H,18H2,(H,31,33,36)/b27-17-. The Morgan fingerprint density at radius 2 is 1.47 bits per heavy atom. The maximum Gasteiger partial charge on any atom is 0.270 e. The second kappa shape index (κ2) is 8.91. The van der Waals surface area contributed by atoms with E-state index in [1.54, 1.807) is 30.3 Å². The number of benzene rings is 4. The van der Waals surface area contributed by atoms with Crippen molar-refractivity contribution in [1.82, 2.24) is 5.32 Å². The van der Waals surface area contributed by atoms with E-state index in [0.29, 0.717) is 17.2 Å². The third-order valence-electron chi connectivity index (χ3n) is 6.30. The maximum absolute atomic E-state index is 13.4. The van der Waals surface area contributed by atoms with E-state index < -0.39 is 11.8 Å². The molecule has 36 heavy (non-hydrogen) atoms. The molecule has 6 rings (SSSR count). The largest absolute Gasteiger partial charge is 0.457 e. The van der Waals surface area contributed by atoms with E-state index >= 15 is 0 Å². The molecule has 2 aliphatic rings. The lowest BCUT2D eigenvalue weighted by Gasteiger charge is -2.29. The predicted molar refractivity (Wildman–Crippen MR) is 144 cm³/mol. The van der Waals surface area contributed by atoms with Crippen molar-refractivity contribution in [1.29, 1.82) is 0 Å². The van der Waals surface area contributed by atoms with Gasteiger partial charge in [0.15, 0.2) is 5.11 Å². The zero-order chi connectivity index (χ0) is 24.6. The average Bonchev–Trinajstić information content (AvgIpc) is 3.26. The van der Waals surface area contributed by atoms with E-state index in [1.165, 1.54) is 27.2 Å². The van der Waals surface area contributed by atoms with Gasteiger partial charge in [-0.15, -0.1) is 0 Å². The van der Waals surface area contributed by atoms with Crippen molar-refractivity contribution in [2.45, 2.75) is 6.42 Å². The van der Waals surface area contributed by atoms with Gasteiger partial charge in [0.2, 0.25) is 0 Å². The molecule has 0 saturated carbocycles. The van der Waals surface area contributed by atoms with Gasteiger partial charge in [-0.2, -0.15) is 0 Å². The molecule has 5 nitrogen and oxygen atoms in total. The third-order valence-corrected chi connectivity index (χ3v) is 6.59. The normalized spacial score (nSPS) is 15.5. The third kappa shape index (κ3) is 3.97. The van der Waals surface area contributed by atoms with E-state index in [-0.39, 0.29) is 10.7 Å². The fourth-order valence-electron chi connectivity index (χ4n) is 4.60. The first-order chi connectivity index (χ1) is 17.6. The van der Waals surface area contributed by atoms with Gasteiger partial charge in [0, 0.05) is 0 Å². The summed E-state index contributed by atoms with van der Waals surface area (Å²) in [5.74, 6) is 0.363. The Hall–Kier alpha value is -4.55. The molecule has 6 heteroatoms. The van der Waals surface area contributed by atoms with Crippen molar-refractivity contribution in [3.8, 4) is 22.6 Å². The zero-order valence-electron chi connectivity index (χ0n) is 19.1. The monoisotopic (exact) mass is 488 g/mol. The van der Waals surface area contributed by atoms with E-state index in [4.69, 9.17) is 17.0 Å². The van der Waals surface area contributed by atoms with Crippen LogP contribution in [0.2, 0.25) is 0 Å². The highest BCUT2D eigenvalue weighted by Crippen LogP contribution is 2.37. The summed E-state index contributed by atoms with van der Waals surface area (Å²) in [5.41, 5.74) is 6.24. The molecule has 1 aliphatic heterocycles. The summed E-state index contributed by atoms with van der Waals surface area (Å²) < 4.78 is 5.83. The topological polar surface area (TPSA) is 58.6 Å². The lowest BCUT2D eigenvalue weighted by Crippen LogP contribution is -2.54. The van der Waals surface area contributed by atoms with E-state index in [2.05, 4.69) is 17.4 Å². The Bertz CT molecular complexity index is 1560. The molecule has 2 amide bonds. The molecule has 0 unspecified atom stereocenters. The van der Waals surface area contributed by atoms with Crippen LogP contribution in [0.4, 0.5) is 5.69 Å². The molecular weight excluding hydrogens is 468 g/mol. The molecule has 0 aromatic heterocycles. The van der Waals surface area contributed by atoms with Crippen molar-refractivity contribution in [2.75, 3.05) is 4.90 Å². The van der Waals surface area contributed by atoms with Gasteiger partial charge in [-0.3, -0.25) is 19.8 Å². The Labute approximate surface area is 213 Å². The summed E-state index contributed by atoms with van der Waals surface area (Å²) in [5, 5.41) is 2.69. The SMILES string of the molecule is O=C1NC(=S)N(c2ccc(Oc3ccccc3)cc2)C(=O)/C1=C\c1ccc2c(c1)Cc1ccccc1-2. The second-order valence-electron chi connectivity index (χ2n) is 8.62. The van der Waals surface area contributed by atoms with Crippen molar-refractivity contribution >= 4 is 40.9 Å². The quantitative estimate of drug-likeness (QED) is 0.195. The molecule has 1 aliphatic carbocycles. The molecule has 1 saturated heterocycles. The van der Waals surface area contributed by atoms with Crippen LogP contribution in [-0.4, -0.2) is 16.9 Å². The predicted octanol–water partition coefficient (Wildman–Crippen LogP) is 5.88. The van der Waals surface area contributed by atoms with Crippen LogP contribution < -0.4 is 15.0 Å². The van der Waals surface area contributed by atoms with Gasteiger partial charge >= 0.3 is 0 Å². The number of nitrogens with zero attached hydrogens (tertiary/aromatic N) is 1. The average molecular weight is 489 g/mol. The fourth-order valence-corrected chi connectivity index (χ4v) is 4.88. The van der Waals surface area contributed by atoms with Crippen LogP contribution in [0.3, 0.4) is 0 Å². The van der Waals surface area contributed by atoms with Gasteiger partial charge in [-0.25, -0.2) is 0 Å². The molecule has 4 aromatic rings. The molecule has 0 atom stereocenters. The van der Waals surface area contributed by atoms with Crippen LogP contribution in [0, 0.1) is 0 Å². The van der Waals surface area contributed by atoms with Crippen molar-refractivity contribution in [3.05, 3.63) is 119 Å². The minimum absolute atomic E-state index is 0.0312. The molecule has 4 aromatic carbocycles. The first-order valence-electron chi connectivity index (χ1n) is 11.5. The summed E-state index contributed by atoms with van der Waals surface area (Å²) in [6.07, 6.45) is 2.46. The van der Waals surface area contributed by atoms with Gasteiger partial charge in [-0.05, 0) is 88.9 Å². The summed E-state index contributed by atoms with van der Waals surface area (Å²) in [7, 11) is 0. The molecule has 0 radical (unpaired) electrons. The van der Waals surface area contributed by atoms with Crippen LogP contribution in [0.1, 0.15) is 16.7 Å². The number of nitrogens with one attached hydrogen (secondary N) is 1. The second-order valence-corrected chi connectivity index (χ2v) is 9.00. The van der Waals surface area contributed by atoms with Crippen LogP contribution in [-0.2, 0) is 16.0 Å². The molecule has 0 spiro atoms. The Morgan fingerprint density at radius 3 is 2.28 bits per heavy atom. The summed E-state index contributed by atoms with van der Waals surface area (Å²) in [6, 6.07) is 30.8. The number of carbonyl (C=O) groups is 2. The van der Waals surface area contributed by atoms with Gasteiger partial charge in [0.05, 0.1) is 5.69 Å². The first-order valence-corrected chi connectivity index (χ1v) is 11.9. The zero-order valence-corrected chi connectivity index (χ0v) is 19.9. The number of fused-ring (bicyclic) bond motifs is 3. The number of rotatable bonds is 4. The number of hydrogen-bond acceptors (Lipinski definition) is 4. The van der Waals surface area contributed by atoms with Crippen molar-refractivity contribution < 1.29 is 14.3 Å². The van der Waals surface area contributed by atoms with Gasteiger partial charge in [0.1, 0.15) is 17.1 Å². The molecular formula is C30H20N2O3S. The molecule has 0 bridgehead atoms. The van der Waals surface area contributed by atoms with Crippen molar-refractivity contribution in [2.24, 2.45) is 0 Å². The molecule has 174 valence electrons.